The maximum Gasteiger partial charge on any atom is 0.699 e. The van der Waals surface area contributed by atoms with E-state index in [9.17, 15) is 24.2 Å². The fraction of sp³-hybridized carbons (Fsp3) is 0.618. The molecule has 1 aliphatic carbocycles. The monoisotopic (exact) mass is 646 g/mol. The van der Waals surface area contributed by atoms with Crippen LogP contribution in [0.4, 0.5) is 0 Å². The van der Waals surface area contributed by atoms with Gasteiger partial charge in [-0.15, -0.1) is 4.89 Å². The minimum atomic E-state index is -3.27. The highest BCUT2D eigenvalue weighted by Crippen LogP contribution is 2.38. The first-order valence-electron chi connectivity index (χ1n) is 15.5. The van der Waals surface area contributed by atoms with Gasteiger partial charge >= 0.3 is 26.0 Å². The number of aromatic nitrogens is 1. The van der Waals surface area contributed by atoms with Crippen molar-refractivity contribution in [2.24, 2.45) is 10.8 Å². The molecule has 2 N–H and O–H groups in total. The van der Waals surface area contributed by atoms with E-state index in [2.05, 4.69) is 0 Å². The van der Waals surface area contributed by atoms with Gasteiger partial charge in [0.15, 0.2) is 13.2 Å². The van der Waals surface area contributed by atoms with Crippen LogP contribution in [0.1, 0.15) is 113 Å². The number of esters is 2. The maximum absolute atomic E-state index is 12.7. The molecule has 1 aliphatic rings. The lowest BCUT2D eigenvalue weighted by Crippen LogP contribution is -2.49. The summed E-state index contributed by atoms with van der Waals surface area (Å²) < 4.78 is 34.7. The first-order valence-corrected chi connectivity index (χ1v) is 16.6. The Hall–Kier alpha value is -3.07. The van der Waals surface area contributed by atoms with Gasteiger partial charge in [0.2, 0.25) is 0 Å². The van der Waals surface area contributed by atoms with Crippen LogP contribution in [0, 0.1) is 31.6 Å². The number of aromatic hydroxyl groups is 1. The van der Waals surface area contributed by atoms with E-state index in [-0.39, 0.29) is 11.7 Å². The summed E-state index contributed by atoms with van der Waals surface area (Å²) in [7, 11) is -3.27. The number of carbonyl (C=O) groups excluding carboxylic acids is 2. The number of aryl methyl sites for hydroxylation is 1. The summed E-state index contributed by atoms with van der Waals surface area (Å²) in [4.78, 5) is 40.1. The Morgan fingerprint density at radius 3 is 1.98 bits per heavy atom. The SMILES string of the molecule is Cc1cc(OC(COC(=O)C(C)(C)C)(COC(=O)C(C)(C)C)O[P+](=O)O)c(C)c(C)c1Cc1ccc(O)c(C2CCCCC2)n1. The number of ether oxygens (including phenoxy) is 3. The molecule has 0 bridgehead atoms. The Labute approximate surface area is 267 Å². The van der Waals surface area contributed by atoms with Gasteiger partial charge < -0.3 is 19.3 Å². The van der Waals surface area contributed by atoms with Gasteiger partial charge in [0.05, 0.1) is 16.5 Å². The quantitative estimate of drug-likeness (QED) is 0.145. The standard InChI is InChI=1S/C34H48NO9P/c1-21-17-28(23(3)22(2)26(21)18-25-15-16-27(36)29(35-25)24-13-11-10-12-14-24)43-34(44-45(39)40,19-41-30(37)32(4,5)6)20-42-31(38)33(7,8)9/h15-17,24H,10-14,18-20H2,1-9H3,(H-,36,39,40)/p+1. The van der Waals surface area contributed by atoms with E-state index >= 15 is 0 Å². The van der Waals surface area contributed by atoms with Crippen molar-refractivity contribution in [1.82, 2.24) is 4.98 Å². The summed E-state index contributed by atoms with van der Waals surface area (Å²) in [5, 5.41) is 10.6. The summed E-state index contributed by atoms with van der Waals surface area (Å²) in [6.07, 6.45) is 6.04. The molecule has 1 aromatic heterocycles. The highest BCUT2D eigenvalue weighted by atomic mass is 31.1. The second-order valence-corrected chi connectivity index (χ2v) is 14.8. The molecule has 1 fully saturated rings. The summed E-state index contributed by atoms with van der Waals surface area (Å²) >= 11 is 0. The second-order valence-electron chi connectivity index (χ2n) is 14.1. The Kier molecular flexibility index (Phi) is 11.8. The molecule has 11 heteroatoms. The number of benzene rings is 1. The molecule has 1 saturated carbocycles. The zero-order chi connectivity index (χ0) is 33.7. The lowest BCUT2D eigenvalue weighted by molar-refractivity contribution is -0.206. The van der Waals surface area contributed by atoms with Crippen molar-refractivity contribution in [1.29, 1.82) is 0 Å². The highest BCUT2D eigenvalue weighted by molar-refractivity contribution is 7.32. The van der Waals surface area contributed by atoms with Crippen molar-refractivity contribution in [2.45, 2.75) is 113 Å². The molecule has 0 spiro atoms. The van der Waals surface area contributed by atoms with E-state index in [1.54, 1.807) is 53.7 Å². The van der Waals surface area contributed by atoms with E-state index < -0.39 is 50.0 Å². The normalized spacial score (nSPS) is 15.0. The Morgan fingerprint density at radius 1 is 0.911 bits per heavy atom. The molecule has 1 heterocycles. The molecular weight excluding hydrogens is 597 g/mol. The van der Waals surface area contributed by atoms with Crippen molar-refractivity contribution < 1.29 is 42.9 Å². The first kappa shape index (κ1) is 36.4. The zero-order valence-corrected chi connectivity index (χ0v) is 29.0. The van der Waals surface area contributed by atoms with E-state index in [0.717, 1.165) is 53.8 Å². The van der Waals surface area contributed by atoms with Crippen LogP contribution in [-0.4, -0.2) is 45.9 Å². The topological polar surface area (TPSA) is 141 Å². The molecule has 1 aromatic carbocycles. The lowest BCUT2D eigenvalue weighted by atomic mass is 9.86. The van der Waals surface area contributed by atoms with Gasteiger partial charge in [-0.1, -0.05) is 23.8 Å². The van der Waals surface area contributed by atoms with Crippen LogP contribution >= 0.6 is 8.25 Å². The lowest BCUT2D eigenvalue weighted by Gasteiger charge is -2.31. The number of pyridine rings is 1. The molecule has 3 rings (SSSR count). The van der Waals surface area contributed by atoms with E-state index in [0.29, 0.717) is 17.7 Å². The minimum Gasteiger partial charge on any atom is -0.506 e. The molecule has 0 amide bonds. The Balaban J connectivity index is 1.98. The zero-order valence-electron chi connectivity index (χ0n) is 28.1. The Morgan fingerprint density at radius 2 is 1.47 bits per heavy atom. The van der Waals surface area contributed by atoms with Crippen LogP contribution in [0.3, 0.4) is 0 Å². The van der Waals surface area contributed by atoms with Crippen LogP contribution < -0.4 is 4.74 Å². The number of hydrogen-bond acceptors (Lipinski definition) is 9. The van der Waals surface area contributed by atoms with E-state index in [1.165, 1.54) is 6.42 Å². The molecule has 0 saturated heterocycles. The van der Waals surface area contributed by atoms with Crippen molar-refractivity contribution in [2.75, 3.05) is 13.2 Å². The average molecular weight is 647 g/mol. The van der Waals surface area contributed by atoms with Gasteiger partial charge in [-0.05, 0) is 116 Å². The highest BCUT2D eigenvalue weighted by Gasteiger charge is 2.48. The summed E-state index contributed by atoms with van der Waals surface area (Å²) in [6, 6.07) is 5.34. The van der Waals surface area contributed by atoms with Crippen LogP contribution in [0.25, 0.3) is 0 Å². The van der Waals surface area contributed by atoms with Crippen molar-refractivity contribution in [3.63, 3.8) is 0 Å². The Bertz CT molecular complexity index is 1370. The first-order chi connectivity index (χ1) is 20.8. The molecule has 0 aliphatic heterocycles. The van der Waals surface area contributed by atoms with Crippen LogP contribution in [-0.2, 0) is 34.6 Å². The fourth-order valence-electron chi connectivity index (χ4n) is 5.24. The van der Waals surface area contributed by atoms with Gasteiger partial charge in [0.25, 0.3) is 0 Å². The molecule has 10 nitrogen and oxygen atoms in total. The van der Waals surface area contributed by atoms with Gasteiger partial charge in [0, 0.05) is 22.6 Å². The number of rotatable bonds is 11. The van der Waals surface area contributed by atoms with E-state index in [1.807, 2.05) is 26.8 Å². The summed E-state index contributed by atoms with van der Waals surface area (Å²) in [6.45, 7) is 14.5. The predicted molar refractivity (Wildman–Crippen MR) is 170 cm³/mol. The van der Waals surface area contributed by atoms with Gasteiger partial charge in [0.1, 0.15) is 11.5 Å². The predicted octanol–water partition coefficient (Wildman–Crippen LogP) is 7.27. The van der Waals surface area contributed by atoms with Crippen LogP contribution in [0.15, 0.2) is 18.2 Å². The largest absolute Gasteiger partial charge is 0.699 e. The minimum absolute atomic E-state index is 0.233. The third-order valence-electron chi connectivity index (χ3n) is 8.13. The molecule has 2 aromatic rings. The van der Waals surface area contributed by atoms with Gasteiger partial charge in [-0.25, -0.2) is 0 Å². The van der Waals surface area contributed by atoms with Crippen LogP contribution in [0.5, 0.6) is 11.5 Å². The number of nitrogens with zero attached hydrogens (tertiary/aromatic N) is 1. The second kappa shape index (κ2) is 14.6. The average Bonchev–Trinajstić information content (AvgIpc) is 2.95. The van der Waals surface area contributed by atoms with Crippen LogP contribution in [0.2, 0.25) is 0 Å². The molecule has 1 atom stereocenters. The van der Waals surface area contributed by atoms with Crippen molar-refractivity contribution >= 4 is 20.2 Å². The smallest absolute Gasteiger partial charge is 0.506 e. The maximum atomic E-state index is 12.7. The number of hydrogen-bond donors (Lipinski definition) is 2. The van der Waals surface area contributed by atoms with E-state index in [4.69, 9.17) is 23.7 Å². The molecule has 1 unspecified atom stereocenters. The molecule has 45 heavy (non-hydrogen) atoms. The van der Waals surface area contributed by atoms with Gasteiger partial charge in [-0.3, -0.25) is 14.6 Å². The molecule has 0 radical (unpaired) electrons. The van der Waals surface area contributed by atoms with Crippen molar-refractivity contribution in [3.8, 4) is 11.5 Å². The van der Waals surface area contributed by atoms with Crippen molar-refractivity contribution in [3.05, 3.63) is 51.8 Å². The summed E-state index contributed by atoms with van der Waals surface area (Å²) in [5.41, 5.74) is 3.35. The third kappa shape index (κ3) is 9.71. The fourth-order valence-corrected chi connectivity index (χ4v) is 5.67. The molecule has 248 valence electrons. The number of carbonyl (C=O) groups is 2. The van der Waals surface area contributed by atoms with Gasteiger partial charge in [-0.2, -0.15) is 0 Å². The molecular formula is C34H49NO9P+. The third-order valence-corrected chi connectivity index (χ3v) is 8.62. The summed E-state index contributed by atoms with van der Waals surface area (Å²) in [5.74, 6) is -2.50.